The Hall–Kier alpha value is -2.30. The van der Waals surface area contributed by atoms with Gasteiger partial charge in [-0.15, -0.1) is 10.2 Å². The summed E-state index contributed by atoms with van der Waals surface area (Å²) in [5.74, 6) is 5.32. The van der Waals surface area contributed by atoms with Crippen molar-refractivity contribution in [3.8, 4) is 0 Å². The van der Waals surface area contributed by atoms with E-state index in [2.05, 4.69) is 20.3 Å². The number of aryl methyl sites for hydroxylation is 1. The van der Waals surface area contributed by atoms with Gasteiger partial charge in [-0.05, 0) is 0 Å². The quantitative estimate of drug-likeness (QED) is 0.359. The van der Waals surface area contributed by atoms with Gasteiger partial charge in [0.05, 0.1) is 19.3 Å². The van der Waals surface area contributed by atoms with Gasteiger partial charge in [-0.3, -0.25) is 14.4 Å². The van der Waals surface area contributed by atoms with Gasteiger partial charge in [0.1, 0.15) is 6.04 Å². The van der Waals surface area contributed by atoms with Gasteiger partial charge in [0, 0.05) is 19.5 Å². The number of nitrogens with one attached hydrogen (secondary N) is 1. The van der Waals surface area contributed by atoms with Crippen LogP contribution in [0.15, 0.2) is 5.16 Å². The van der Waals surface area contributed by atoms with Crippen LogP contribution in [-0.2, 0) is 25.5 Å². The van der Waals surface area contributed by atoms with E-state index in [-0.39, 0.29) is 24.0 Å². The van der Waals surface area contributed by atoms with Crippen molar-refractivity contribution in [3.05, 3.63) is 5.82 Å². The number of thioether (sulfide) groups is 1. The molecule has 1 fully saturated rings. The Labute approximate surface area is 143 Å². The second-order valence-corrected chi connectivity index (χ2v) is 6.03. The number of ether oxygens (including phenoxy) is 1. The van der Waals surface area contributed by atoms with Crippen LogP contribution in [0.4, 0.5) is 0 Å². The number of carbonyl (C=O) groups is 3. The van der Waals surface area contributed by atoms with E-state index in [1.807, 2.05) is 6.92 Å². The predicted octanol–water partition coefficient (Wildman–Crippen LogP) is -1.46. The number of piperazine rings is 1. The van der Waals surface area contributed by atoms with E-state index in [1.54, 1.807) is 0 Å². The highest BCUT2D eigenvalue weighted by Gasteiger charge is 2.35. The minimum atomic E-state index is -0.860. The van der Waals surface area contributed by atoms with Gasteiger partial charge in [0.2, 0.25) is 17.0 Å². The van der Waals surface area contributed by atoms with Crippen LogP contribution < -0.4 is 11.2 Å². The van der Waals surface area contributed by atoms with Crippen molar-refractivity contribution >= 4 is 29.5 Å². The molecule has 3 N–H and O–H groups in total. The molecule has 1 saturated heterocycles. The molecular formula is C13H20N6O4S. The summed E-state index contributed by atoms with van der Waals surface area (Å²) < 4.78 is 5.93. The van der Waals surface area contributed by atoms with Gasteiger partial charge in [-0.25, -0.2) is 4.68 Å². The third-order valence-electron chi connectivity index (χ3n) is 3.61. The Bertz CT molecular complexity index is 634. The first-order valence-corrected chi connectivity index (χ1v) is 8.42. The van der Waals surface area contributed by atoms with Crippen molar-refractivity contribution in [2.24, 2.45) is 0 Å². The summed E-state index contributed by atoms with van der Waals surface area (Å²) >= 11 is 1.14. The molecule has 24 heavy (non-hydrogen) atoms. The van der Waals surface area contributed by atoms with Crippen LogP contribution >= 0.6 is 11.8 Å². The molecule has 0 aliphatic carbocycles. The second-order valence-electron chi connectivity index (χ2n) is 5.09. The largest absolute Gasteiger partial charge is 0.469 e. The number of methoxy groups -OCH3 is 1. The topological polar surface area (TPSA) is 132 Å². The van der Waals surface area contributed by atoms with Crippen LogP contribution in [0, 0.1) is 0 Å². The van der Waals surface area contributed by atoms with Crippen LogP contribution in [0.25, 0.3) is 0 Å². The average Bonchev–Trinajstić information content (AvgIpc) is 2.94. The third kappa shape index (κ3) is 3.96. The molecule has 1 aliphatic heterocycles. The number of hydrogen-bond acceptors (Lipinski definition) is 8. The molecule has 11 heteroatoms. The molecule has 0 aromatic carbocycles. The first-order chi connectivity index (χ1) is 11.5. The molecule has 10 nitrogen and oxygen atoms in total. The number of nitrogens with two attached hydrogens (primary N) is 1. The minimum Gasteiger partial charge on any atom is -0.469 e. The van der Waals surface area contributed by atoms with Crippen molar-refractivity contribution < 1.29 is 19.1 Å². The Morgan fingerprint density at radius 2 is 2.21 bits per heavy atom. The monoisotopic (exact) mass is 356 g/mol. The first kappa shape index (κ1) is 18.0. The van der Waals surface area contributed by atoms with Crippen molar-refractivity contribution in [1.29, 1.82) is 0 Å². The van der Waals surface area contributed by atoms with Crippen LogP contribution in [0.3, 0.4) is 0 Å². The lowest BCUT2D eigenvalue weighted by Crippen LogP contribution is -2.58. The molecule has 0 saturated carbocycles. The maximum atomic E-state index is 12.5. The maximum Gasteiger partial charge on any atom is 0.308 e. The van der Waals surface area contributed by atoms with E-state index in [4.69, 9.17) is 5.84 Å². The van der Waals surface area contributed by atoms with Gasteiger partial charge in [0.25, 0.3) is 0 Å². The number of amides is 2. The number of hydrogen-bond donors (Lipinski definition) is 2. The molecule has 132 valence electrons. The highest BCUT2D eigenvalue weighted by atomic mass is 32.2. The number of aromatic nitrogens is 3. The summed E-state index contributed by atoms with van der Waals surface area (Å²) in [6.07, 6.45) is 0.456. The molecule has 1 atom stereocenters. The van der Waals surface area contributed by atoms with Gasteiger partial charge < -0.3 is 20.8 Å². The van der Waals surface area contributed by atoms with Crippen LogP contribution in [0.2, 0.25) is 0 Å². The number of carbonyl (C=O) groups excluding carboxylic acids is 3. The number of nitrogen functional groups attached to an aromatic ring is 1. The highest BCUT2D eigenvalue weighted by molar-refractivity contribution is 7.99. The van der Waals surface area contributed by atoms with E-state index in [1.165, 1.54) is 16.7 Å². The SMILES string of the molecule is CCc1nnc(SCC(=O)N2CCNC(=O)[C@@H]2CC(=O)OC)n1N. The van der Waals surface area contributed by atoms with Crippen LogP contribution in [-0.4, -0.2) is 69.6 Å². The standard InChI is InChI=1S/C13H20N6O4S/c1-3-9-16-17-13(19(9)14)24-7-10(20)18-5-4-15-12(22)8(18)6-11(21)23-2/h8H,3-7,14H2,1-2H3,(H,15,22)/t8-/m0/s1. The van der Waals surface area contributed by atoms with E-state index in [0.717, 1.165) is 11.8 Å². The molecule has 1 aromatic heterocycles. The summed E-state index contributed by atoms with van der Waals surface area (Å²) in [5.41, 5.74) is 0. The molecule has 1 aromatic rings. The summed E-state index contributed by atoms with van der Waals surface area (Å²) in [4.78, 5) is 37.3. The van der Waals surface area contributed by atoms with Crippen molar-refractivity contribution in [3.63, 3.8) is 0 Å². The van der Waals surface area contributed by atoms with Crippen LogP contribution in [0.5, 0.6) is 0 Å². The highest BCUT2D eigenvalue weighted by Crippen LogP contribution is 2.18. The minimum absolute atomic E-state index is 0.0456. The van der Waals surface area contributed by atoms with Crippen molar-refractivity contribution in [2.45, 2.75) is 31.0 Å². The molecule has 1 aliphatic rings. The Balaban J connectivity index is 2.01. The summed E-state index contributed by atoms with van der Waals surface area (Å²) in [6.45, 7) is 2.58. The van der Waals surface area contributed by atoms with Crippen molar-refractivity contribution in [2.75, 3.05) is 31.8 Å². The lowest BCUT2D eigenvalue weighted by molar-refractivity contribution is -0.149. The molecule has 0 spiro atoms. The molecule has 0 radical (unpaired) electrons. The van der Waals surface area contributed by atoms with Gasteiger partial charge in [0.15, 0.2) is 5.82 Å². The Kier molecular flexibility index (Phi) is 6.01. The molecule has 2 amide bonds. The lowest BCUT2D eigenvalue weighted by Gasteiger charge is -2.34. The molecule has 0 unspecified atom stereocenters. The van der Waals surface area contributed by atoms with E-state index in [9.17, 15) is 14.4 Å². The molecule has 2 heterocycles. The lowest BCUT2D eigenvalue weighted by atomic mass is 10.1. The Morgan fingerprint density at radius 1 is 1.46 bits per heavy atom. The normalized spacial score (nSPS) is 17.5. The predicted molar refractivity (Wildman–Crippen MR) is 85.4 cm³/mol. The van der Waals surface area contributed by atoms with Gasteiger partial charge in [-0.1, -0.05) is 18.7 Å². The van der Waals surface area contributed by atoms with E-state index in [0.29, 0.717) is 30.5 Å². The average molecular weight is 356 g/mol. The Morgan fingerprint density at radius 3 is 2.83 bits per heavy atom. The molecule has 0 bridgehead atoms. The van der Waals surface area contributed by atoms with Crippen molar-refractivity contribution in [1.82, 2.24) is 25.1 Å². The molecule has 2 rings (SSSR count). The fourth-order valence-corrected chi connectivity index (χ4v) is 3.07. The zero-order valence-electron chi connectivity index (χ0n) is 13.5. The van der Waals surface area contributed by atoms with Crippen LogP contribution in [0.1, 0.15) is 19.2 Å². The summed E-state index contributed by atoms with van der Waals surface area (Å²) in [5, 5.41) is 10.9. The number of rotatable bonds is 6. The number of nitrogens with zero attached hydrogens (tertiary/aromatic N) is 4. The zero-order valence-corrected chi connectivity index (χ0v) is 14.3. The summed E-state index contributed by atoms with van der Waals surface area (Å²) in [7, 11) is 1.24. The van der Waals surface area contributed by atoms with E-state index >= 15 is 0 Å². The van der Waals surface area contributed by atoms with Gasteiger partial charge in [-0.2, -0.15) is 0 Å². The van der Waals surface area contributed by atoms with E-state index < -0.39 is 12.0 Å². The fourth-order valence-electron chi connectivity index (χ4n) is 2.31. The third-order valence-corrected chi connectivity index (χ3v) is 4.54. The fraction of sp³-hybridized carbons (Fsp3) is 0.615. The molecular weight excluding hydrogens is 336 g/mol. The smallest absolute Gasteiger partial charge is 0.308 e. The van der Waals surface area contributed by atoms with Gasteiger partial charge >= 0.3 is 5.97 Å². The summed E-state index contributed by atoms with van der Waals surface area (Å²) in [6, 6.07) is -0.860. The number of esters is 1. The zero-order chi connectivity index (χ0) is 17.7. The maximum absolute atomic E-state index is 12.5. The second kappa shape index (κ2) is 7.99. The first-order valence-electron chi connectivity index (χ1n) is 7.44.